The summed E-state index contributed by atoms with van der Waals surface area (Å²) in [6, 6.07) is 4.95. The molecule has 2 aromatic rings. The number of ether oxygens (including phenoxy) is 1. The summed E-state index contributed by atoms with van der Waals surface area (Å²) < 4.78 is 10.3. The van der Waals surface area contributed by atoms with Gasteiger partial charge in [-0.15, -0.1) is 12.4 Å². The van der Waals surface area contributed by atoms with Crippen molar-refractivity contribution in [1.29, 1.82) is 0 Å². The Morgan fingerprint density at radius 1 is 1.29 bits per heavy atom. The molecule has 7 heteroatoms. The second kappa shape index (κ2) is 8.49. The second-order valence-corrected chi connectivity index (χ2v) is 4.50. The molecule has 0 fully saturated rings. The van der Waals surface area contributed by atoms with Crippen molar-refractivity contribution in [2.45, 2.75) is 25.7 Å². The van der Waals surface area contributed by atoms with E-state index in [1.54, 1.807) is 18.2 Å². The molecule has 0 aliphatic rings. The average Bonchev–Trinajstić information content (AvgIpc) is 2.93. The lowest BCUT2D eigenvalue weighted by atomic mass is 10.2. The zero-order chi connectivity index (χ0) is 14.4. The summed E-state index contributed by atoms with van der Waals surface area (Å²) in [7, 11) is 1.50. The number of nitrogens with two attached hydrogens (primary N) is 1. The molecule has 0 saturated heterocycles. The minimum atomic E-state index is 0. The number of unbranched alkanes of at least 4 members (excludes halogenated alkanes) is 2. The highest BCUT2D eigenvalue weighted by Gasteiger charge is 2.11. The van der Waals surface area contributed by atoms with Gasteiger partial charge in [0.05, 0.1) is 7.11 Å². The van der Waals surface area contributed by atoms with Gasteiger partial charge in [0.15, 0.2) is 11.5 Å². The summed E-state index contributed by atoms with van der Waals surface area (Å²) >= 11 is 0. The van der Waals surface area contributed by atoms with E-state index in [-0.39, 0.29) is 18.2 Å². The highest BCUT2D eigenvalue weighted by Crippen LogP contribution is 2.30. The standard InChI is InChI=1S/C14H19N3O3.ClH/c1-19-12-9-10(6-7-11(12)18)14-16-13(20-17-14)5-3-2-4-8-15;/h6-7,9,18H,2-5,8,15H2,1H3;1H. The normalized spacial score (nSPS) is 10.2. The summed E-state index contributed by atoms with van der Waals surface area (Å²) in [5, 5.41) is 13.5. The van der Waals surface area contributed by atoms with Gasteiger partial charge in [0.1, 0.15) is 0 Å². The molecule has 0 bridgehead atoms. The van der Waals surface area contributed by atoms with Crippen LogP contribution in [0.25, 0.3) is 11.4 Å². The average molecular weight is 314 g/mol. The topological polar surface area (TPSA) is 94.4 Å². The van der Waals surface area contributed by atoms with Crippen LogP contribution in [0.3, 0.4) is 0 Å². The fraction of sp³-hybridized carbons (Fsp3) is 0.429. The Morgan fingerprint density at radius 2 is 2.10 bits per heavy atom. The van der Waals surface area contributed by atoms with E-state index >= 15 is 0 Å². The molecule has 0 atom stereocenters. The minimum Gasteiger partial charge on any atom is -0.504 e. The van der Waals surface area contributed by atoms with Gasteiger partial charge in [-0.3, -0.25) is 0 Å². The van der Waals surface area contributed by atoms with Crippen LogP contribution >= 0.6 is 12.4 Å². The molecule has 3 N–H and O–H groups in total. The van der Waals surface area contributed by atoms with Crippen LogP contribution in [0.1, 0.15) is 25.2 Å². The lowest BCUT2D eigenvalue weighted by molar-refractivity contribution is 0.372. The quantitative estimate of drug-likeness (QED) is 0.763. The van der Waals surface area contributed by atoms with Crippen LogP contribution in [0.5, 0.6) is 11.5 Å². The van der Waals surface area contributed by atoms with E-state index in [2.05, 4.69) is 10.1 Å². The molecular formula is C14H20ClN3O3. The fourth-order valence-corrected chi connectivity index (χ4v) is 1.89. The summed E-state index contributed by atoms with van der Waals surface area (Å²) in [4.78, 5) is 4.34. The van der Waals surface area contributed by atoms with Crippen LogP contribution in [-0.2, 0) is 6.42 Å². The third-order valence-electron chi connectivity index (χ3n) is 3.00. The van der Waals surface area contributed by atoms with Gasteiger partial charge in [-0.05, 0) is 37.6 Å². The van der Waals surface area contributed by atoms with E-state index in [0.717, 1.165) is 31.2 Å². The first-order chi connectivity index (χ1) is 9.74. The largest absolute Gasteiger partial charge is 0.504 e. The zero-order valence-corrected chi connectivity index (χ0v) is 12.7. The first kappa shape index (κ1) is 17.3. The van der Waals surface area contributed by atoms with Gasteiger partial charge in [0.2, 0.25) is 11.7 Å². The van der Waals surface area contributed by atoms with Gasteiger partial charge < -0.3 is 20.1 Å². The maximum atomic E-state index is 9.55. The molecule has 2 rings (SSSR count). The van der Waals surface area contributed by atoms with Crippen LogP contribution in [-0.4, -0.2) is 28.9 Å². The Balaban J connectivity index is 0.00000220. The monoisotopic (exact) mass is 313 g/mol. The second-order valence-electron chi connectivity index (χ2n) is 4.50. The Morgan fingerprint density at radius 3 is 2.81 bits per heavy atom. The van der Waals surface area contributed by atoms with E-state index in [9.17, 15) is 5.11 Å². The maximum absolute atomic E-state index is 9.55. The summed E-state index contributed by atoms with van der Waals surface area (Å²) in [5.74, 6) is 1.58. The molecule has 6 nitrogen and oxygen atoms in total. The van der Waals surface area contributed by atoms with Gasteiger partial charge in [-0.1, -0.05) is 11.6 Å². The first-order valence-corrected chi connectivity index (χ1v) is 6.64. The summed E-state index contributed by atoms with van der Waals surface area (Å²) in [5.41, 5.74) is 6.19. The highest BCUT2D eigenvalue weighted by molar-refractivity contribution is 5.85. The number of aryl methyl sites for hydroxylation is 1. The van der Waals surface area contributed by atoms with Crippen molar-refractivity contribution >= 4 is 12.4 Å². The van der Waals surface area contributed by atoms with E-state index < -0.39 is 0 Å². The lowest BCUT2D eigenvalue weighted by Gasteiger charge is -2.03. The van der Waals surface area contributed by atoms with Crippen molar-refractivity contribution in [2.24, 2.45) is 5.73 Å². The number of halogens is 1. The molecule has 1 heterocycles. The van der Waals surface area contributed by atoms with Crippen molar-refractivity contribution in [3.05, 3.63) is 24.1 Å². The Bertz CT molecular complexity index is 560. The van der Waals surface area contributed by atoms with Crippen LogP contribution in [0, 0.1) is 0 Å². The molecule has 0 amide bonds. The van der Waals surface area contributed by atoms with Gasteiger partial charge in [-0.25, -0.2) is 0 Å². The molecule has 0 saturated carbocycles. The SMILES string of the molecule is COc1cc(-c2noc(CCCCCN)n2)ccc1O.Cl. The molecule has 0 unspecified atom stereocenters. The number of hydrogen-bond donors (Lipinski definition) is 2. The molecule has 0 aliphatic heterocycles. The first-order valence-electron chi connectivity index (χ1n) is 6.64. The molecule has 0 aliphatic carbocycles. The van der Waals surface area contributed by atoms with E-state index in [0.29, 0.717) is 24.0 Å². The van der Waals surface area contributed by atoms with Gasteiger partial charge in [0, 0.05) is 12.0 Å². The van der Waals surface area contributed by atoms with Crippen molar-refractivity contribution in [3.63, 3.8) is 0 Å². The predicted octanol–water partition coefficient (Wildman–Crippen LogP) is 2.54. The number of aromatic nitrogens is 2. The third kappa shape index (κ3) is 4.61. The lowest BCUT2D eigenvalue weighted by Crippen LogP contribution is -1.98. The minimum absolute atomic E-state index is 0. The number of hydrogen-bond acceptors (Lipinski definition) is 6. The molecule has 1 aromatic heterocycles. The Labute approximate surface area is 129 Å². The Hall–Kier alpha value is -1.79. The van der Waals surface area contributed by atoms with Gasteiger partial charge in [-0.2, -0.15) is 4.98 Å². The number of rotatable bonds is 7. The number of methoxy groups -OCH3 is 1. The van der Waals surface area contributed by atoms with E-state index in [1.165, 1.54) is 7.11 Å². The van der Waals surface area contributed by atoms with E-state index in [4.69, 9.17) is 15.0 Å². The van der Waals surface area contributed by atoms with Crippen LogP contribution in [0.15, 0.2) is 22.7 Å². The number of nitrogens with zero attached hydrogens (tertiary/aromatic N) is 2. The fourth-order valence-electron chi connectivity index (χ4n) is 1.89. The molecule has 0 radical (unpaired) electrons. The number of phenolic OH excluding ortho intramolecular Hbond substituents is 1. The predicted molar refractivity (Wildman–Crippen MR) is 81.8 cm³/mol. The smallest absolute Gasteiger partial charge is 0.226 e. The Kier molecular flexibility index (Phi) is 6.98. The zero-order valence-electron chi connectivity index (χ0n) is 11.9. The summed E-state index contributed by atoms with van der Waals surface area (Å²) in [6.45, 7) is 0.711. The number of benzene rings is 1. The van der Waals surface area contributed by atoms with E-state index in [1.807, 2.05) is 0 Å². The van der Waals surface area contributed by atoms with Crippen molar-refractivity contribution in [2.75, 3.05) is 13.7 Å². The summed E-state index contributed by atoms with van der Waals surface area (Å²) in [6.07, 6.45) is 3.80. The molecule has 21 heavy (non-hydrogen) atoms. The van der Waals surface area contributed by atoms with Gasteiger partial charge in [0.25, 0.3) is 0 Å². The third-order valence-corrected chi connectivity index (χ3v) is 3.00. The number of phenols is 1. The van der Waals surface area contributed by atoms with Crippen molar-refractivity contribution in [3.8, 4) is 22.9 Å². The maximum Gasteiger partial charge on any atom is 0.226 e. The van der Waals surface area contributed by atoms with Crippen LogP contribution < -0.4 is 10.5 Å². The molecule has 1 aromatic carbocycles. The van der Waals surface area contributed by atoms with Crippen LogP contribution in [0.2, 0.25) is 0 Å². The molecular weight excluding hydrogens is 294 g/mol. The van der Waals surface area contributed by atoms with Gasteiger partial charge >= 0.3 is 0 Å². The van der Waals surface area contributed by atoms with Crippen molar-refractivity contribution < 1.29 is 14.4 Å². The van der Waals surface area contributed by atoms with Crippen molar-refractivity contribution in [1.82, 2.24) is 10.1 Å². The highest BCUT2D eigenvalue weighted by atomic mass is 35.5. The van der Waals surface area contributed by atoms with Crippen LogP contribution in [0.4, 0.5) is 0 Å². The molecule has 116 valence electrons. The number of aromatic hydroxyl groups is 1. The molecule has 0 spiro atoms.